The van der Waals surface area contributed by atoms with Crippen molar-refractivity contribution in [2.75, 3.05) is 39.3 Å². The van der Waals surface area contributed by atoms with E-state index < -0.39 is 0 Å². The van der Waals surface area contributed by atoms with Crippen molar-refractivity contribution in [1.29, 1.82) is 0 Å². The highest BCUT2D eigenvalue weighted by molar-refractivity contribution is 5.79. The molecule has 0 spiro atoms. The number of carbonyl (C=O) groups excluding carboxylic acids is 1. The molecule has 1 amide bonds. The van der Waals surface area contributed by atoms with E-state index in [0.717, 1.165) is 44.6 Å². The number of nitrogens with zero attached hydrogens (tertiary/aromatic N) is 3. The van der Waals surface area contributed by atoms with Crippen LogP contribution in [0, 0.1) is 11.8 Å². The Balaban J connectivity index is 1.34. The summed E-state index contributed by atoms with van der Waals surface area (Å²) in [5.74, 6) is 1.94. The van der Waals surface area contributed by atoms with Gasteiger partial charge in [0.1, 0.15) is 0 Å². The molecule has 160 valence electrons. The van der Waals surface area contributed by atoms with Gasteiger partial charge in [0.2, 0.25) is 5.91 Å². The maximum atomic E-state index is 13.3. The van der Waals surface area contributed by atoms with Gasteiger partial charge in [-0.1, -0.05) is 19.8 Å². The lowest BCUT2D eigenvalue weighted by molar-refractivity contribution is -0.140. The zero-order chi connectivity index (χ0) is 19.7. The fourth-order valence-electron chi connectivity index (χ4n) is 6.53. The van der Waals surface area contributed by atoms with Crippen LogP contribution in [0.2, 0.25) is 0 Å². The highest BCUT2D eigenvalue weighted by Crippen LogP contribution is 2.39. The first-order valence-electron chi connectivity index (χ1n) is 11.9. The van der Waals surface area contributed by atoms with Crippen LogP contribution in [-0.4, -0.2) is 84.2 Å². The highest BCUT2D eigenvalue weighted by atomic mass is 16.5. The minimum Gasteiger partial charge on any atom is -0.373 e. The third-order valence-corrected chi connectivity index (χ3v) is 7.86. The number of ether oxygens (including phenoxy) is 1. The molecule has 1 saturated carbocycles. The fraction of sp³-hybridized carbons (Fsp3) is 0.957. The number of rotatable bonds is 4. The van der Waals surface area contributed by atoms with Crippen LogP contribution in [0.25, 0.3) is 0 Å². The third kappa shape index (κ3) is 4.57. The van der Waals surface area contributed by atoms with E-state index in [0.29, 0.717) is 36.7 Å². The molecular weight excluding hydrogens is 350 g/mol. The van der Waals surface area contributed by atoms with Gasteiger partial charge in [0.15, 0.2) is 0 Å². The SMILES string of the molecule is CC1CN(CC2CCCN2CC(=O)N2CCC(C)C3CCCCC32)CC(C)O1. The number of hydrogen-bond acceptors (Lipinski definition) is 4. The molecule has 3 heterocycles. The van der Waals surface area contributed by atoms with Crippen LogP contribution in [0.1, 0.15) is 65.7 Å². The highest BCUT2D eigenvalue weighted by Gasteiger charge is 2.40. The molecule has 28 heavy (non-hydrogen) atoms. The van der Waals surface area contributed by atoms with E-state index in [2.05, 4.69) is 35.5 Å². The molecule has 3 aliphatic heterocycles. The Morgan fingerprint density at radius 3 is 2.46 bits per heavy atom. The van der Waals surface area contributed by atoms with Crippen molar-refractivity contribution in [3.8, 4) is 0 Å². The predicted octanol–water partition coefficient (Wildman–Crippen LogP) is 2.99. The van der Waals surface area contributed by atoms with Gasteiger partial charge < -0.3 is 9.64 Å². The average Bonchev–Trinajstić information content (AvgIpc) is 3.08. The summed E-state index contributed by atoms with van der Waals surface area (Å²) in [7, 11) is 0. The van der Waals surface area contributed by atoms with Crippen molar-refractivity contribution >= 4 is 5.91 Å². The minimum atomic E-state index is 0.318. The van der Waals surface area contributed by atoms with Crippen LogP contribution in [0.15, 0.2) is 0 Å². The van der Waals surface area contributed by atoms with Crippen molar-refractivity contribution in [1.82, 2.24) is 14.7 Å². The largest absolute Gasteiger partial charge is 0.373 e. The van der Waals surface area contributed by atoms with E-state index >= 15 is 0 Å². The molecule has 1 aliphatic carbocycles. The lowest BCUT2D eigenvalue weighted by Crippen LogP contribution is -2.56. The van der Waals surface area contributed by atoms with Crippen molar-refractivity contribution in [2.45, 2.75) is 90.0 Å². The van der Waals surface area contributed by atoms with Crippen molar-refractivity contribution in [2.24, 2.45) is 11.8 Å². The van der Waals surface area contributed by atoms with Crippen molar-refractivity contribution in [3.05, 3.63) is 0 Å². The first-order valence-corrected chi connectivity index (χ1v) is 11.9. The van der Waals surface area contributed by atoms with Crippen molar-refractivity contribution < 1.29 is 9.53 Å². The van der Waals surface area contributed by atoms with Gasteiger partial charge in [0.25, 0.3) is 0 Å². The van der Waals surface area contributed by atoms with E-state index in [1.54, 1.807) is 0 Å². The Morgan fingerprint density at radius 2 is 1.68 bits per heavy atom. The van der Waals surface area contributed by atoms with Crippen LogP contribution >= 0.6 is 0 Å². The normalized spacial score (nSPS) is 40.5. The van der Waals surface area contributed by atoms with Crippen LogP contribution in [-0.2, 0) is 9.53 Å². The number of likely N-dealkylation sites (tertiary alicyclic amines) is 2. The maximum Gasteiger partial charge on any atom is 0.237 e. The summed E-state index contributed by atoms with van der Waals surface area (Å²) in [6.45, 7) is 12.6. The summed E-state index contributed by atoms with van der Waals surface area (Å²) >= 11 is 0. The second-order valence-electron chi connectivity index (χ2n) is 10.1. The second-order valence-corrected chi connectivity index (χ2v) is 10.1. The van der Waals surface area contributed by atoms with Gasteiger partial charge in [0.05, 0.1) is 18.8 Å². The topological polar surface area (TPSA) is 36.0 Å². The van der Waals surface area contributed by atoms with Gasteiger partial charge in [-0.05, 0) is 64.3 Å². The monoisotopic (exact) mass is 391 g/mol. The number of amides is 1. The zero-order valence-electron chi connectivity index (χ0n) is 18.3. The summed E-state index contributed by atoms with van der Waals surface area (Å²) in [6, 6.07) is 1.05. The van der Waals surface area contributed by atoms with Gasteiger partial charge in [-0.2, -0.15) is 0 Å². The molecule has 0 bridgehead atoms. The first-order chi connectivity index (χ1) is 13.5. The van der Waals surface area contributed by atoms with Crippen LogP contribution in [0.3, 0.4) is 0 Å². The molecule has 4 fully saturated rings. The Bertz CT molecular complexity index is 532. The average molecular weight is 392 g/mol. The van der Waals surface area contributed by atoms with Gasteiger partial charge in [-0.3, -0.25) is 14.6 Å². The summed E-state index contributed by atoms with van der Waals surface area (Å²) < 4.78 is 5.89. The van der Waals surface area contributed by atoms with Gasteiger partial charge in [0, 0.05) is 38.3 Å². The Kier molecular flexibility index (Phi) is 6.63. The molecule has 6 atom stereocenters. The van der Waals surface area contributed by atoms with E-state index in [-0.39, 0.29) is 0 Å². The molecule has 6 unspecified atom stereocenters. The smallest absolute Gasteiger partial charge is 0.237 e. The maximum absolute atomic E-state index is 13.3. The molecule has 0 aromatic heterocycles. The Hall–Kier alpha value is -0.650. The lowest BCUT2D eigenvalue weighted by atomic mass is 9.72. The molecule has 0 radical (unpaired) electrons. The quantitative estimate of drug-likeness (QED) is 0.738. The summed E-state index contributed by atoms with van der Waals surface area (Å²) in [5, 5.41) is 0. The second kappa shape index (κ2) is 9.01. The molecule has 0 aromatic rings. The first kappa shape index (κ1) is 20.6. The predicted molar refractivity (Wildman–Crippen MR) is 112 cm³/mol. The third-order valence-electron chi connectivity index (χ3n) is 7.86. The summed E-state index contributed by atoms with van der Waals surface area (Å²) in [6.07, 6.45) is 9.52. The molecule has 5 heteroatoms. The standard InChI is InChI=1S/C23H41N3O2/c1-17-10-12-26(22-9-5-4-8-21(17)22)23(27)16-25-11-6-7-20(25)15-24-13-18(2)28-19(3)14-24/h17-22H,4-16H2,1-3H3. The van der Waals surface area contributed by atoms with Gasteiger partial charge >= 0.3 is 0 Å². The molecule has 5 nitrogen and oxygen atoms in total. The van der Waals surface area contributed by atoms with Crippen molar-refractivity contribution in [3.63, 3.8) is 0 Å². The number of fused-ring (bicyclic) bond motifs is 1. The molecule has 0 aromatic carbocycles. The fourth-order valence-corrected chi connectivity index (χ4v) is 6.53. The summed E-state index contributed by atoms with van der Waals surface area (Å²) in [4.78, 5) is 20.6. The Morgan fingerprint density at radius 1 is 0.929 bits per heavy atom. The molecule has 0 N–H and O–H groups in total. The summed E-state index contributed by atoms with van der Waals surface area (Å²) in [5.41, 5.74) is 0. The lowest BCUT2D eigenvalue weighted by Gasteiger charge is -2.48. The molecule has 3 saturated heterocycles. The molecule has 4 rings (SSSR count). The van der Waals surface area contributed by atoms with Crippen LogP contribution in [0.5, 0.6) is 0 Å². The number of hydrogen-bond donors (Lipinski definition) is 0. The zero-order valence-corrected chi connectivity index (χ0v) is 18.3. The van der Waals surface area contributed by atoms with Crippen LogP contribution < -0.4 is 0 Å². The Labute approximate surface area is 171 Å². The molecule has 4 aliphatic rings. The van der Waals surface area contributed by atoms with Crippen LogP contribution in [0.4, 0.5) is 0 Å². The van der Waals surface area contributed by atoms with Gasteiger partial charge in [-0.25, -0.2) is 0 Å². The number of carbonyl (C=O) groups is 1. The van der Waals surface area contributed by atoms with E-state index in [1.165, 1.54) is 44.9 Å². The van der Waals surface area contributed by atoms with E-state index in [1.807, 2.05) is 0 Å². The molecular formula is C23H41N3O2. The number of piperidine rings is 1. The van der Waals surface area contributed by atoms with E-state index in [4.69, 9.17) is 4.74 Å². The van der Waals surface area contributed by atoms with E-state index in [9.17, 15) is 4.79 Å². The number of morpholine rings is 1. The van der Waals surface area contributed by atoms with Gasteiger partial charge in [-0.15, -0.1) is 0 Å². The minimum absolute atomic E-state index is 0.318.